The van der Waals surface area contributed by atoms with E-state index in [0.717, 1.165) is 74.2 Å². The lowest BCUT2D eigenvalue weighted by atomic mass is 10.1. The molecule has 0 aromatic carbocycles. The maximum atomic E-state index is 12.0. The highest BCUT2D eigenvalue weighted by molar-refractivity contribution is 7.17. The van der Waals surface area contributed by atoms with Crippen molar-refractivity contribution >= 4 is 39.4 Å². The Morgan fingerprint density at radius 1 is 1.13 bits per heavy atom. The Morgan fingerprint density at radius 2 is 1.81 bits per heavy atom. The van der Waals surface area contributed by atoms with Crippen LogP contribution in [0.25, 0.3) is 10.2 Å². The van der Waals surface area contributed by atoms with Gasteiger partial charge in [-0.15, -0.1) is 11.3 Å². The molecule has 4 rings (SSSR count). The van der Waals surface area contributed by atoms with Gasteiger partial charge in [0.2, 0.25) is 5.95 Å². The average Bonchev–Trinajstić information content (AvgIpc) is 3.23. The number of hydrogen-bond donors (Lipinski definition) is 1. The number of nitrogens with zero attached hydrogens (tertiary/aromatic N) is 4. The van der Waals surface area contributed by atoms with Gasteiger partial charge in [-0.1, -0.05) is 13.8 Å². The molecular weight excluding hydrogens is 414 g/mol. The van der Waals surface area contributed by atoms with E-state index >= 15 is 0 Å². The second-order valence-electron chi connectivity index (χ2n) is 8.49. The number of anilines is 2. The summed E-state index contributed by atoms with van der Waals surface area (Å²) in [6.45, 7) is 14.4. The number of thiophene rings is 1. The molecule has 0 atom stereocenters. The van der Waals surface area contributed by atoms with Crippen molar-refractivity contribution in [3.8, 4) is 0 Å². The largest absolute Gasteiger partial charge is 0.444 e. The molecule has 4 heterocycles. The lowest BCUT2D eigenvalue weighted by molar-refractivity contribution is 0.0497. The van der Waals surface area contributed by atoms with E-state index in [9.17, 15) is 4.79 Å². The third kappa shape index (κ3) is 6.20. The summed E-state index contributed by atoms with van der Waals surface area (Å²) in [6.07, 6.45) is 1.34. The van der Waals surface area contributed by atoms with Crippen molar-refractivity contribution < 1.29 is 14.3 Å². The molecule has 2 aromatic rings. The van der Waals surface area contributed by atoms with Crippen LogP contribution in [0.2, 0.25) is 0 Å². The van der Waals surface area contributed by atoms with Gasteiger partial charge in [0.1, 0.15) is 5.60 Å². The first-order valence-corrected chi connectivity index (χ1v) is 12.1. The lowest BCUT2D eigenvalue weighted by Gasteiger charge is -2.34. The highest BCUT2D eigenvalue weighted by atomic mass is 32.1. The molecule has 2 aliphatic rings. The number of nitrogens with one attached hydrogen (secondary N) is 1. The van der Waals surface area contributed by atoms with Gasteiger partial charge in [-0.2, -0.15) is 4.98 Å². The van der Waals surface area contributed by atoms with Crippen LogP contribution in [-0.2, 0) is 9.47 Å². The number of rotatable bonds is 3. The summed E-state index contributed by atoms with van der Waals surface area (Å²) in [5.74, 6) is 1.78. The molecule has 172 valence electrons. The summed E-state index contributed by atoms with van der Waals surface area (Å²) < 4.78 is 12.0. The van der Waals surface area contributed by atoms with E-state index in [0.29, 0.717) is 0 Å². The van der Waals surface area contributed by atoms with Gasteiger partial charge in [-0.05, 0) is 45.1 Å². The second-order valence-corrected chi connectivity index (χ2v) is 9.41. The fourth-order valence-electron chi connectivity index (χ4n) is 3.67. The zero-order valence-electron chi connectivity index (χ0n) is 19.3. The fourth-order valence-corrected chi connectivity index (χ4v) is 4.51. The van der Waals surface area contributed by atoms with E-state index in [1.54, 1.807) is 11.3 Å². The second kappa shape index (κ2) is 10.5. The predicted molar refractivity (Wildman–Crippen MR) is 126 cm³/mol. The number of carbonyl (C=O) groups is 1. The molecule has 0 saturated carbocycles. The van der Waals surface area contributed by atoms with E-state index < -0.39 is 5.60 Å². The molecule has 31 heavy (non-hydrogen) atoms. The third-order valence-electron chi connectivity index (χ3n) is 5.08. The highest BCUT2D eigenvalue weighted by Crippen LogP contribution is 2.32. The summed E-state index contributed by atoms with van der Waals surface area (Å²) in [7, 11) is 0. The Bertz CT molecular complexity index is 852. The Balaban J connectivity index is 0.00000132. The summed E-state index contributed by atoms with van der Waals surface area (Å²) in [5, 5.41) is 5.06. The molecule has 2 fully saturated rings. The first kappa shape index (κ1) is 23.5. The molecule has 2 aliphatic heterocycles. The number of fused-ring (bicyclic) bond motifs is 1. The molecule has 2 saturated heterocycles. The van der Waals surface area contributed by atoms with E-state index in [4.69, 9.17) is 19.4 Å². The van der Waals surface area contributed by atoms with Crippen LogP contribution in [0.3, 0.4) is 0 Å². The molecule has 0 bridgehead atoms. The molecule has 8 nitrogen and oxygen atoms in total. The molecule has 2 aromatic heterocycles. The smallest absolute Gasteiger partial charge is 0.407 e. The Labute approximate surface area is 188 Å². The average molecular weight is 450 g/mol. The molecule has 0 aliphatic carbocycles. The zero-order valence-corrected chi connectivity index (χ0v) is 20.1. The number of carbonyl (C=O) groups excluding carboxylic acids is 1. The molecule has 1 N–H and O–H groups in total. The molecule has 1 amide bonds. The van der Waals surface area contributed by atoms with Crippen LogP contribution >= 0.6 is 11.3 Å². The van der Waals surface area contributed by atoms with Crippen molar-refractivity contribution in [3.63, 3.8) is 0 Å². The predicted octanol–water partition coefficient (Wildman–Crippen LogP) is 4.05. The molecule has 0 spiro atoms. The van der Waals surface area contributed by atoms with Crippen molar-refractivity contribution in [3.05, 3.63) is 11.4 Å². The van der Waals surface area contributed by atoms with Gasteiger partial charge in [0.25, 0.3) is 0 Å². The van der Waals surface area contributed by atoms with Crippen molar-refractivity contribution in [1.82, 2.24) is 15.3 Å². The third-order valence-corrected chi connectivity index (χ3v) is 5.98. The number of piperidine rings is 1. The van der Waals surface area contributed by atoms with Gasteiger partial charge < -0.3 is 24.6 Å². The first-order chi connectivity index (χ1) is 14.9. The summed E-state index contributed by atoms with van der Waals surface area (Å²) in [4.78, 5) is 26.3. The number of hydrogen-bond acceptors (Lipinski definition) is 8. The van der Waals surface area contributed by atoms with Crippen molar-refractivity contribution in [2.75, 3.05) is 49.2 Å². The van der Waals surface area contributed by atoms with Crippen LogP contribution < -0.4 is 15.1 Å². The van der Waals surface area contributed by atoms with Crippen LogP contribution in [0.1, 0.15) is 47.5 Å². The standard InChI is InChI=1S/C20H29N5O3S.C2H6/c1-20(2,3)28-19(26)21-14-4-7-25(8-5-14)18-22-15-6-13-29-16(15)17(23-18)24-9-11-27-12-10-24;1-2/h6,13-14H,4-5,7-12H2,1-3H3,(H,21,26);1-2H3. The minimum Gasteiger partial charge on any atom is -0.444 e. The van der Waals surface area contributed by atoms with Crippen LogP contribution in [0.15, 0.2) is 11.4 Å². The van der Waals surface area contributed by atoms with Gasteiger partial charge in [0, 0.05) is 32.2 Å². The molecule has 0 radical (unpaired) electrons. The maximum absolute atomic E-state index is 12.0. The van der Waals surface area contributed by atoms with E-state index in [1.807, 2.05) is 34.6 Å². The summed E-state index contributed by atoms with van der Waals surface area (Å²) in [6, 6.07) is 2.18. The van der Waals surface area contributed by atoms with Crippen molar-refractivity contribution in [1.29, 1.82) is 0 Å². The van der Waals surface area contributed by atoms with Crippen LogP contribution in [0.4, 0.5) is 16.6 Å². The molecule has 0 unspecified atom stereocenters. The van der Waals surface area contributed by atoms with Gasteiger partial charge in [-0.3, -0.25) is 0 Å². The minimum atomic E-state index is -0.482. The first-order valence-electron chi connectivity index (χ1n) is 11.2. The normalized spacial score (nSPS) is 17.8. The monoisotopic (exact) mass is 449 g/mol. The zero-order chi connectivity index (χ0) is 22.4. The van der Waals surface area contributed by atoms with Crippen molar-refractivity contribution in [2.45, 2.75) is 59.1 Å². The van der Waals surface area contributed by atoms with E-state index in [2.05, 4.69) is 26.6 Å². The van der Waals surface area contributed by atoms with Crippen LogP contribution in [0, 0.1) is 0 Å². The minimum absolute atomic E-state index is 0.115. The number of amides is 1. The van der Waals surface area contributed by atoms with E-state index in [1.165, 1.54) is 0 Å². The quantitative estimate of drug-likeness (QED) is 0.757. The fraction of sp³-hybridized carbons (Fsp3) is 0.682. The number of alkyl carbamates (subject to hydrolysis) is 1. The SMILES string of the molecule is CC.CC(C)(C)OC(=O)NC1CCN(c2nc(N3CCOCC3)c3sccc3n2)CC1. The van der Waals surface area contributed by atoms with Crippen molar-refractivity contribution in [2.24, 2.45) is 0 Å². The Hall–Kier alpha value is -2.13. The number of aromatic nitrogens is 2. The summed E-state index contributed by atoms with van der Waals surface area (Å²) >= 11 is 1.69. The lowest BCUT2D eigenvalue weighted by Crippen LogP contribution is -2.46. The molecule has 9 heteroatoms. The Morgan fingerprint density at radius 3 is 2.45 bits per heavy atom. The number of morpholine rings is 1. The number of ether oxygens (including phenoxy) is 2. The summed E-state index contributed by atoms with van der Waals surface area (Å²) in [5.41, 5.74) is 0.514. The van der Waals surface area contributed by atoms with Gasteiger partial charge in [0.05, 0.1) is 23.4 Å². The molecular formula is C22H35N5O3S. The van der Waals surface area contributed by atoms with Crippen LogP contribution in [-0.4, -0.2) is 67.1 Å². The van der Waals surface area contributed by atoms with Gasteiger partial charge >= 0.3 is 6.09 Å². The van der Waals surface area contributed by atoms with Gasteiger partial charge in [-0.25, -0.2) is 9.78 Å². The van der Waals surface area contributed by atoms with Gasteiger partial charge in [0.15, 0.2) is 5.82 Å². The topological polar surface area (TPSA) is 79.8 Å². The van der Waals surface area contributed by atoms with Crippen LogP contribution in [0.5, 0.6) is 0 Å². The van der Waals surface area contributed by atoms with E-state index in [-0.39, 0.29) is 12.1 Å². The highest BCUT2D eigenvalue weighted by Gasteiger charge is 2.26. The maximum Gasteiger partial charge on any atom is 0.407 e. The Kier molecular flexibility index (Phi) is 7.94.